The molecule has 0 spiro atoms. The fraction of sp³-hybridized carbons (Fsp3) is 0.217. The Morgan fingerprint density at radius 2 is 1.73 bits per heavy atom. The van der Waals surface area contributed by atoms with E-state index in [4.69, 9.17) is 13.9 Å². The third kappa shape index (κ3) is 5.00. The Morgan fingerprint density at radius 3 is 2.50 bits per heavy atom. The second kappa shape index (κ2) is 9.17. The number of carbonyl (C=O) groups excluding carboxylic acids is 2. The summed E-state index contributed by atoms with van der Waals surface area (Å²) < 4.78 is 16.5. The lowest BCUT2D eigenvalue weighted by Crippen LogP contribution is -2.38. The van der Waals surface area contributed by atoms with Gasteiger partial charge < -0.3 is 24.1 Å². The normalized spacial score (nSPS) is 12.3. The summed E-state index contributed by atoms with van der Waals surface area (Å²) in [5.41, 5.74) is 1.47. The number of para-hydroxylation sites is 1. The molecule has 7 nitrogen and oxygen atoms in total. The number of furan rings is 1. The third-order valence-corrected chi connectivity index (χ3v) is 4.63. The highest BCUT2D eigenvalue weighted by Crippen LogP contribution is 2.31. The monoisotopic (exact) mass is 406 g/mol. The zero-order valence-corrected chi connectivity index (χ0v) is 16.4. The number of amides is 2. The molecule has 0 atom stereocenters. The largest absolute Gasteiger partial charge is 0.486 e. The third-order valence-electron chi connectivity index (χ3n) is 4.63. The van der Waals surface area contributed by atoms with E-state index in [2.05, 4.69) is 5.32 Å². The minimum absolute atomic E-state index is 0.0843. The van der Waals surface area contributed by atoms with Crippen molar-refractivity contribution in [2.24, 2.45) is 0 Å². The molecule has 154 valence electrons. The molecule has 0 aliphatic carbocycles. The van der Waals surface area contributed by atoms with Gasteiger partial charge in [-0.05, 0) is 42.0 Å². The molecule has 4 rings (SSSR count). The Bertz CT molecular complexity index is 1000. The van der Waals surface area contributed by atoms with E-state index in [1.165, 1.54) is 4.90 Å². The van der Waals surface area contributed by atoms with Gasteiger partial charge in [-0.15, -0.1) is 0 Å². The van der Waals surface area contributed by atoms with Gasteiger partial charge in [-0.25, -0.2) is 0 Å². The molecule has 0 saturated carbocycles. The number of carbonyl (C=O) groups is 2. The van der Waals surface area contributed by atoms with Crippen LogP contribution < -0.4 is 14.8 Å². The van der Waals surface area contributed by atoms with Crippen LogP contribution in [-0.2, 0) is 22.6 Å². The average Bonchev–Trinajstić information content (AvgIpc) is 3.27. The van der Waals surface area contributed by atoms with Crippen molar-refractivity contribution in [3.63, 3.8) is 0 Å². The maximum atomic E-state index is 13.0. The van der Waals surface area contributed by atoms with Crippen molar-refractivity contribution in [3.05, 3.63) is 78.3 Å². The van der Waals surface area contributed by atoms with Crippen LogP contribution in [-0.4, -0.2) is 36.5 Å². The fourth-order valence-corrected chi connectivity index (χ4v) is 3.20. The number of rotatable bonds is 7. The minimum atomic E-state index is -0.275. The van der Waals surface area contributed by atoms with Crippen LogP contribution >= 0.6 is 0 Å². The molecule has 2 heterocycles. The van der Waals surface area contributed by atoms with E-state index < -0.39 is 0 Å². The highest BCUT2D eigenvalue weighted by Gasteiger charge is 2.20. The van der Waals surface area contributed by atoms with Gasteiger partial charge in [0.25, 0.3) is 0 Å². The molecule has 0 fully saturated rings. The first-order chi connectivity index (χ1) is 14.7. The molecule has 1 aliphatic heterocycles. The van der Waals surface area contributed by atoms with Gasteiger partial charge >= 0.3 is 0 Å². The first-order valence-corrected chi connectivity index (χ1v) is 9.71. The molecule has 1 N–H and O–H groups in total. The smallest absolute Gasteiger partial charge is 0.244 e. The fourth-order valence-electron chi connectivity index (χ4n) is 3.20. The van der Waals surface area contributed by atoms with Crippen LogP contribution in [0.15, 0.2) is 71.3 Å². The molecule has 2 amide bonds. The first kappa shape index (κ1) is 19.6. The molecule has 0 unspecified atom stereocenters. The molecule has 30 heavy (non-hydrogen) atoms. The first-order valence-electron chi connectivity index (χ1n) is 9.71. The number of benzene rings is 2. The highest BCUT2D eigenvalue weighted by atomic mass is 16.6. The van der Waals surface area contributed by atoms with Crippen LogP contribution in [0.2, 0.25) is 0 Å². The summed E-state index contributed by atoms with van der Waals surface area (Å²) in [5, 5.41) is 2.81. The summed E-state index contributed by atoms with van der Waals surface area (Å²) in [7, 11) is 0. The van der Waals surface area contributed by atoms with E-state index in [0.29, 0.717) is 36.2 Å². The maximum Gasteiger partial charge on any atom is 0.244 e. The SMILES string of the molecule is O=C(CN(Cc1ccco1)C(=O)Cc1ccc2c(c1)OCCO2)Nc1ccccc1. The quantitative estimate of drug-likeness (QED) is 0.651. The van der Waals surface area contributed by atoms with Crippen LogP contribution in [0.25, 0.3) is 0 Å². The zero-order valence-electron chi connectivity index (χ0n) is 16.4. The van der Waals surface area contributed by atoms with Gasteiger partial charge in [0.05, 0.1) is 19.2 Å². The second-order valence-electron chi connectivity index (χ2n) is 6.90. The van der Waals surface area contributed by atoms with E-state index >= 15 is 0 Å². The zero-order chi connectivity index (χ0) is 20.8. The van der Waals surface area contributed by atoms with Crippen molar-refractivity contribution in [1.82, 2.24) is 4.90 Å². The summed E-state index contributed by atoms with van der Waals surface area (Å²) in [4.78, 5) is 27.0. The number of hydrogen-bond acceptors (Lipinski definition) is 5. The molecule has 0 radical (unpaired) electrons. The summed E-state index contributed by atoms with van der Waals surface area (Å²) in [6, 6.07) is 18.1. The standard InChI is InChI=1S/C23H22N2O5/c26-22(24-18-5-2-1-3-6-18)16-25(15-19-7-4-10-28-19)23(27)14-17-8-9-20-21(13-17)30-12-11-29-20/h1-10,13H,11-12,14-16H2,(H,24,26). The van der Waals surface area contributed by atoms with Gasteiger partial charge in [-0.1, -0.05) is 24.3 Å². The Kier molecular flexibility index (Phi) is 5.98. The van der Waals surface area contributed by atoms with Crippen LogP contribution in [0.5, 0.6) is 11.5 Å². The molecule has 1 aromatic heterocycles. The number of anilines is 1. The van der Waals surface area contributed by atoms with E-state index in [9.17, 15) is 9.59 Å². The second-order valence-corrected chi connectivity index (χ2v) is 6.90. The molecular weight excluding hydrogens is 384 g/mol. The van der Waals surface area contributed by atoms with Crippen LogP contribution in [0, 0.1) is 0 Å². The molecule has 0 saturated heterocycles. The van der Waals surface area contributed by atoms with Gasteiger partial charge in [0.1, 0.15) is 25.5 Å². The lowest BCUT2D eigenvalue weighted by atomic mass is 10.1. The van der Waals surface area contributed by atoms with Gasteiger partial charge in [-0.2, -0.15) is 0 Å². The van der Waals surface area contributed by atoms with Crippen molar-refractivity contribution in [3.8, 4) is 11.5 Å². The molecule has 7 heteroatoms. The molecule has 2 aromatic carbocycles. The van der Waals surface area contributed by atoms with Crippen molar-refractivity contribution in [2.45, 2.75) is 13.0 Å². The average molecular weight is 406 g/mol. The molecule has 0 bridgehead atoms. The molecule has 3 aromatic rings. The Hall–Kier alpha value is -3.74. The Morgan fingerprint density at radius 1 is 0.933 bits per heavy atom. The maximum absolute atomic E-state index is 13.0. The minimum Gasteiger partial charge on any atom is -0.486 e. The molecular formula is C23H22N2O5. The summed E-state index contributed by atoms with van der Waals surface area (Å²) in [6.45, 7) is 1.12. The van der Waals surface area contributed by atoms with Gasteiger partial charge in [-0.3, -0.25) is 9.59 Å². The van der Waals surface area contributed by atoms with Gasteiger partial charge in [0.2, 0.25) is 11.8 Å². The van der Waals surface area contributed by atoms with Crippen LogP contribution in [0.4, 0.5) is 5.69 Å². The van der Waals surface area contributed by atoms with Crippen LogP contribution in [0.1, 0.15) is 11.3 Å². The lowest BCUT2D eigenvalue weighted by molar-refractivity contribution is -0.134. The number of hydrogen-bond donors (Lipinski definition) is 1. The van der Waals surface area contributed by atoms with Gasteiger partial charge in [0, 0.05) is 5.69 Å². The highest BCUT2D eigenvalue weighted by molar-refractivity contribution is 5.94. The Balaban J connectivity index is 1.45. The van der Waals surface area contributed by atoms with Crippen molar-refractivity contribution in [2.75, 3.05) is 25.1 Å². The summed E-state index contributed by atoms with van der Waals surface area (Å²) in [6.07, 6.45) is 1.68. The van der Waals surface area contributed by atoms with Crippen molar-refractivity contribution < 1.29 is 23.5 Å². The molecule has 1 aliphatic rings. The van der Waals surface area contributed by atoms with E-state index in [1.54, 1.807) is 36.6 Å². The lowest BCUT2D eigenvalue weighted by Gasteiger charge is -2.22. The predicted octanol–water partition coefficient (Wildman–Crippen LogP) is 3.26. The number of ether oxygens (including phenoxy) is 2. The van der Waals surface area contributed by atoms with E-state index in [1.807, 2.05) is 30.3 Å². The predicted molar refractivity (Wildman–Crippen MR) is 110 cm³/mol. The van der Waals surface area contributed by atoms with Crippen molar-refractivity contribution in [1.29, 1.82) is 0 Å². The van der Waals surface area contributed by atoms with Crippen LogP contribution in [0.3, 0.4) is 0 Å². The number of fused-ring (bicyclic) bond motifs is 1. The van der Waals surface area contributed by atoms with E-state index in [-0.39, 0.29) is 31.3 Å². The summed E-state index contributed by atoms with van der Waals surface area (Å²) in [5.74, 6) is 1.45. The number of nitrogens with one attached hydrogen (secondary N) is 1. The number of nitrogens with zero attached hydrogens (tertiary/aromatic N) is 1. The van der Waals surface area contributed by atoms with E-state index in [0.717, 1.165) is 5.56 Å². The summed E-state index contributed by atoms with van der Waals surface area (Å²) >= 11 is 0. The van der Waals surface area contributed by atoms with Crippen molar-refractivity contribution >= 4 is 17.5 Å². The van der Waals surface area contributed by atoms with Gasteiger partial charge in [0.15, 0.2) is 11.5 Å². The topological polar surface area (TPSA) is 81.0 Å². The Labute approximate surface area is 174 Å².